The molecule has 0 amide bonds. The number of phenols is 1. The summed E-state index contributed by atoms with van der Waals surface area (Å²) in [5.41, 5.74) is 3.74. The van der Waals surface area contributed by atoms with Crippen LogP contribution in [0.5, 0.6) is 5.75 Å². The topological polar surface area (TPSA) is 48.0 Å². The number of aromatic hydroxyl groups is 1. The smallest absolute Gasteiger partial charge is 0.116 e. The zero-order valence-corrected chi connectivity index (χ0v) is 8.67. The van der Waals surface area contributed by atoms with Gasteiger partial charge in [-0.3, -0.25) is 0 Å². The van der Waals surface area contributed by atoms with Crippen molar-refractivity contribution in [2.45, 2.75) is 19.4 Å². The minimum Gasteiger partial charge on any atom is -0.508 e. The number of nitrogens with one attached hydrogen (secondary N) is 2. The Morgan fingerprint density at radius 3 is 3.13 bits per heavy atom. The maximum Gasteiger partial charge on any atom is 0.116 e. The molecule has 0 radical (unpaired) electrons. The largest absolute Gasteiger partial charge is 0.508 e. The first-order chi connectivity index (χ1) is 7.25. The van der Waals surface area contributed by atoms with Gasteiger partial charge in [0.1, 0.15) is 5.75 Å². The van der Waals surface area contributed by atoms with E-state index in [0.717, 1.165) is 18.5 Å². The van der Waals surface area contributed by atoms with Crippen LogP contribution in [0.3, 0.4) is 0 Å². The van der Waals surface area contributed by atoms with Crippen molar-refractivity contribution in [3.63, 3.8) is 0 Å². The Bertz CT molecular complexity index is 516. The Hall–Kier alpha value is -1.48. The SMILES string of the molecule is C[C@@H]1NCCc2c1[nH]c1ccc(O)cc21. The van der Waals surface area contributed by atoms with Gasteiger partial charge >= 0.3 is 0 Å². The highest BCUT2D eigenvalue weighted by atomic mass is 16.3. The van der Waals surface area contributed by atoms with Gasteiger partial charge in [0.05, 0.1) is 0 Å². The van der Waals surface area contributed by atoms with E-state index in [9.17, 15) is 5.11 Å². The van der Waals surface area contributed by atoms with Crippen LogP contribution in [0.4, 0.5) is 0 Å². The molecule has 1 aromatic carbocycles. The molecule has 1 aliphatic heterocycles. The average molecular weight is 202 g/mol. The van der Waals surface area contributed by atoms with Gasteiger partial charge in [-0.25, -0.2) is 0 Å². The molecule has 0 bridgehead atoms. The zero-order valence-electron chi connectivity index (χ0n) is 8.67. The molecule has 1 aliphatic rings. The number of aromatic amines is 1. The second-order valence-corrected chi connectivity index (χ2v) is 4.17. The predicted octanol–water partition coefficient (Wildman–Crippen LogP) is 2.08. The lowest BCUT2D eigenvalue weighted by Gasteiger charge is -2.20. The lowest BCUT2D eigenvalue weighted by Crippen LogP contribution is -2.27. The first kappa shape index (κ1) is 8.80. The van der Waals surface area contributed by atoms with Gasteiger partial charge in [0, 0.05) is 22.6 Å². The van der Waals surface area contributed by atoms with Crippen LogP contribution >= 0.6 is 0 Å². The fourth-order valence-corrected chi connectivity index (χ4v) is 2.41. The third-order valence-corrected chi connectivity index (χ3v) is 3.18. The van der Waals surface area contributed by atoms with Crippen molar-refractivity contribution < 1.29 is 5.11 Å². The van der Waals surface area contributed by atoms with E-state index in [1.165, 1.54) is 16.6 Å². The summed E-state index contributed by atoms with van der Waals surface area (Å²) in [6, 6.07) is 5.89. The summed E-state index contributed by atoms with van der Waals surface area (Å²) < 4.78 is 0. The van der Waals surface area contributed by atoms with Crippen molar-refractivity contribution in [3.8, 4) is 5.75 Å². The number of aromatic nitrogens is 1. The lowest BCUT2D eigenvalue weighted by atomic mass is 10.0. The number of hydrogen-bond donors (Lipinski definition) is 3. The monoisotopic (exact) mass is 202 g/mol. The van der Waals surface area contributed by atoms with Gasteiger partial charge in [-0.15, -0.1) is 0 Å². The predicted molar refractivity (Wildman–Crippen MR) is 60.1 cm³/mol. The molecular formula is C12H14N2O. The highest BCUT2D eigenvalue weighted by molar-refractivity contribution is 5.86. The van der Waals surface area contributed by atoms with Crippen molar-refractivity contribution in [3.05, 3.63) is 29.5 Å². The maximum absolute atomic E-state index is 9.49. The fourth-order valence-electron chi connectivity index (χ4n) is 2.41. The van der Waals surface area contributed by atoms with Crippen LogP contribution in [0.1, 0.15) is 24.2 Å². The summed E-state index contributed by atoms with van der Waals surface area (Å²) in [6.07, 6.45) is 1.03. The molecule has 3 heteroatoms. The number of fused-ring (bicyclic) bond motifs is 3. The van der Waals surface area contributed by atoms with Crippen molar-refractivity contribution in [2.75, 3.05) is 6.54 Å². The molecule has 2 aromatic rings. The first-order valence-electron chi connectivity index (χ1n) is 5.32. The maximum atomic E-state index is 9.49. The third kappa shape index (κ3) is 1.23. The van der Waals surface area contributed by atoms with Crippen molar-refractivity contribution in [2.24, 2.45) is 0 Å². The zero-order chi connectivity index (χ0) is 10.4. The summed E-state index contributed by atoms with van der Waals surface area (Å²) in [5, 5.41) is 14.1. The van der Waals surface area contributed by atoms with E-state index in [4.69, 9.17) is 0 Å². The Kier molecular flexibility index (Phi) is 1.76. The second-order valence-electron chi connectivity index (χ2n) is 4.17. The number of benzene rings is 1. The van der Waals surface area contributed by atoms with Gasteiger partial charge in [0.15, 0.2) is 0 Å². The molecule has 78 valence electrons. The number of hydrogen-bond acceptors (Lipinski definition) is 2. The van der Waals surface area contributed by atoms with Crippen LogP contribution in [-0.2, 0) is 6.42 Å². The lowest BCUT2D eigenvalue weighted by molar-refractivity contribution is 0.476. The third-order valence-electron chi connectivity index (χ3n) is 3.18. The van der Waals surface area contributed by atoms with Crippen LogP contribution in [0, 0.1) is 0 Å². The van der Waals surface area contributed by atoms with Gasteiger partial charge in [0.25, 0.3) is 0 Å². The van der Waals surface area contributed by atoms with Crippen molar-refractivity contribution in [1.82, 2.24) is 10.3 Å². The minimum atomic E-state index is 0.343. The summed E-state index contributed by atoms with van der Waals surface area (Å²) in [5.74, 6) is 0.343. The van der Waals surface area contributed by atoms with Gasteiger partial charge in [-0.05, 0) is 43.7 Å². The van der Waals surface area contributed by atoms with Gasteiger partial charge < -0.3 is 15.4 Å². The molecular weight excluding hydrogens is 188 g/mol. The molecule has 0 fully saturated rings. The summed E-state index contributed by atoms with van der Waals surface area (Å²) in [6.45, 7) is 3.17. The summed E-state index contributed by atoms with van der Waals surface area (Å²) in [7, 11) is 0. The molecule has 0 aliphatic carbocycles. The van der Waals surface area contributed by atoms with Crippen LogP contribution in [0.25, 0.3) is 10.9 Å². The molecule has 0 saturated heterocycles. The second kappa shape index (κ2) is 3.00. The molecule has 0 spiro atoms. The molecule has 0 unspecified atom stereocenters. The molecule has 3 rings (SSSR count). The Balaban J connectivity index is 2.31. The van der Waals surface area contributed by atoms with Gasteiger partial charge in [-0.1, -0.05) is 0 Å². The summed E-state index contributed by atoms with van der Waals surface area (Å²) >= 11 is 0. The fraction of sp³-hybridized carbons (Fsp3) is 0.333. The van der Waals surface area contributed by atoms with E-state index in [1.807, 2.05) is 12.1 Å². The number of rotatable bonds is 0. The first-order valence-corrected chi connectivity index (χ1v) is 5.32. The van der Waals surface area contributed by atoms with Crippen LogP contribution in [0.15, 0.2) is 18.2 Å². The van der Waals surface area contributed by atoms with E-state index < -0.39 is 0 Å². The Morgan fingerprint density at radius 1 is 1.40 bits per heavy atom. The van der Waals surface area contributed by atoms with E-state index in [2.05, 4.69) is 17.2 Å². The van der Waals surface area contributed by atoms with E-state index in [0.29, 0.717) is 11.8 Å². The molecule has 1 aromatic heterocycles. The average Bonchev–Trinajstić information content (AvgIpc) is 2.58. The quantitative estimate of drug-likeness (QED) is 0.612. The molecule has 2 heterocycles. The van der Waals surface area contributed by atoms with Gasteiger partial charge in [-0.2, -0.15) is 0 Å². The van der Waals surface area contributed by atoms with Crippen LogP contribution < -0.4 is 5.32 Å². The standard InChI is InChI=1S/C12H14N2O/c1-7-12-9(4-5-13-7)10-6-8(15)2-3-11(10)14-12/h2-3,6-7,13-15H,4-5H2,1H3/t7-/m0/s1. The minimum absolute atomic E-state index is 0.343. The molecule has 0 saturated carbocycles. The number of H-pyrrole nitrogens is 1. The normalized spacial score (nSPS) is 20.5. The van der Waals surface area contributed by atoms with Crippen molar-refractivity contribution >= 4 is 10.9 Å². The molecule has 15 heavy (non-hydrogen) atoms. The molecule has 1 atom stereocenters. The van der Waals surface area contributed by atoms with Gasteiger partial charge in [0.2, 0.25) is 0 Å². The highest BCUT2D eigenvalue weighted by Gasteiger charge is 2.20. The van der Waals surface area contributed by atoms with Crippen molar-refractivity contribution in [1.29, 1.82) is 0 Å². The van der Waals surface area contributed by atoms with E-state index in [1.54, 1.807) is 6.07 Å². The Morgan fingerprint density at radius 2 is 2.27 bits per heavy atom. The number of phenolic OH excluding ortho intramolecular Hbond substituents is 1. The molecule has 3 N–H and O–H groups in total. The van der Waals surface area contributed by atoms with Crippen LogP contribution in [-0.4, -0.2) is 16.6 Å². The van der Waals surface area contributed by atoms with Crippen LogP contribution in [0.2, 0.25) is 0 Å². The highest BCUT2D eigenvalue weighted by Crippen LogP contribution is 2.31. The van der Waals surface area contributed by atoms with E-state index in [-0.39, 0.29) is 0 Å². The summed E-state index contributed by atoms with van der Waals surface area (Å²) in [4.78, 5) is 3.42. The molecule has 3 nitrogen and oxygen atoms in total. The van der Waals surface area contributed by atoms with E-state index >= 15 is 0 Å². The Labute approximate surface area is 88.1 Å².